The van der Waals surface area contributed by atoms with Gasteiger partial charge in [-0.2, -0.15) is 0 Å². The summed E-state index contributed by atoms with van der Waals surface area (Å²) in [4.78, 5) is 17.9. The maximum Gasteiger partial charge on any atom is 0.190 e. The zero-order valence-corrected chi connectivity index (χ0v) is 19.6. The predicted octanol–water partition coefficient (Wildman–Crippen LogP) is 5.72. The lowest BCUT2D eigenvalue weighted by atomic mass is 9.85. The third-order valence-corrected chi connectivity index (χ3v) is 7.62. The molecular formula is C28H27NO4S. The van der Waals surface area contributed by atoms with Crippen LogP contribution in [0.4, 0.5) is 0 Å². The van der Waals surface area contributed by atoms with E-state index in [1.165, 1.54) is 11.8 Å². The first-order valence-electron chi connectivity index (χ1n) is 11.6. The van der Waals surface area contributed by atoms with Crippen LogP contribution in [0.2, 0.25) is 0 Å². The van der Waals surface area contributed by atoms with Crippen molar-refractivity contribution < 1.29 is 19.7 Å². The van der Waals surface area contributed by atoms with Crippen LogP contribution in [0.1, 0.15) is 28.8 Å². The standard InChI is InChI=1S/C28H27NO4S/c30-21-8-4-20(5-9-21)28-26(24-13-10-22(31)18-25(24)34-28)27(32)19-6-11-23(12-7-19)33-17-16-29-14-2-1-3-15-29/h1-2,4-12,18,24,30-31H,3,13-17H2. The molecule has 2 N–H and O–H groups in total. The lowest BCUT2D eigenvalue weighted by Crippen LogP contribution is -2.31. The van der Waals surface area contributed by atoms with Crippen molar-refractivity contribution >= 4 is 22.5 Å². The Morgan fingerprint density at radius 3 is 2.59 bits per heavy atom. The minimum Gasteiger partial charge on any atom is -0.508 e. The van der Waals surface area contributed by atoms with Crippen molar-refractivity contribution in [2.75, 3.05) is 26.2 Å². The van der Waals surface area contributed by atoms with Gasteiger partial charge in [-0.15, -0.1) is 0 Å². The Labute approximate surface area is 203 Å². The number of thioether (sulfide) groups is 1. The van der Waals surface area contributed by atoms with Crippen LogP contribution in [0, 0.1) is 5.92 Å². The quantitative estimate of drug-likeness (QED) is 0.396. The summed E-state index contributed by atoms with van der Waals surface area (Å²) in [5, 5.41) is 19.7. The highest BCUT2D eigenvalue weighted by molar-refractivity contribution is 8.12. The van der Waals surface area contributed by atoms with E-state index in [-0.39, 0.29) is 23.2 Å². The number of rotatable bonds is 7. The number of carbonyl (C=O) groups excluding carboxylic acids is 1. The molecule has 174 valence electrons. The van der Waals surface area contributed by atoms with E-state index in [1.54, 1.807) is 24.3 Å². The van der Waals surface area contributed by atoms with Gasteiger partial charge in [0.2, 0.25) is 0 Å². The van der Waals surface area contributed by atoms with Gasteiger partial charge in [0.1, 0.15) is 23.9 Å². The van der Waals surface area contributed by atoms with Gasteiger partial charge in [0.05, 0.1) is 0 Å². The van der Waals surface area contributed by atoms with Crippen LogP contribution in [0.25, 0.3) is 4.91 Å². The molecule has 2 aromatic rings. The summed E-state index contributed by atoms with van der Waals surface area (Å²) < 4.78 is 5.91. The zero-order chi connectivity index (χ0) is 23.5. The largest absolute Gasteiger partial charge is 0.508 e. The van der Waals surface area contributed by atoms with Crippen LogP contribution in [0.3, 0.4) is 0 Å². The molecule has 0 aromatic heterocycles. The molecule has 5 rings (SSSR count). The van der Waals surface area contributed by atoms with Crippen LogP contribution in [0.5, 0.6) is 11.5 Å². The van der Waals surface area contributed by atoms with Gasteiger partial charge in [0, 0.05) is 46.5 Å². The first kappa shape index (κ1) is 22.6. The normalized spacial score (nSPS) is 20.1. The monoisotopic (exact) mass is 473 g/mol. The molecule has 0 saturated carbocycles. The van der Waals surface area contributed by atoms with Crippen molar-refractivity contribution in [3.63, 3.8) is 0 Å². The Kier molecular flexibility index (Phi) is 6.61. The highest BCUT2D eigenvalue weighted by atomic mass is 32.2. The van der Waals surface area contributed by atoms with Crippen LogP contribution < -0.4 is 4.74 Å². The van der Waals surface area contributed by atoms with E-state index in [1.807, 2.05) is 36.4 Å². The maximum absolute atomic E-state index is 13.7. The number of phenols is 1. The topological polar surface area (TPSA) is 70.0 Å². The second-order valence-electron chi connectivity index (χ2n) is 8.62. The predicted molar refractivity (Wildman–Crippen MR) is 136 cm³/mol. The second-order valence-corrected chi connectivity index (χ2v) is 9.70. The third-order valence-electron chi connectivity index (χ3n) is 6.32. The zero-order valence-electron chi connectivity index (χ0n) is 18.8. The molecule has 3 aliphatic rings. The Morgan fingerprint density at radius 1 is 1.06 bits per heavy atom. The number of ketones is 1. The smallest absolute Gasteiger partial charge is 0.190 e. The Bertz CT molecular complexity index is 1190. The summed E-state index contributed by atoms with van der Waals surface area (Å²) in [5.41, 5.74) is 2.23. The van der Waals surface area contributed by atoms with Crippen molar-refractivity contribution in [1.29, 1.82) is 0 Å². The summed E-state index contributed by atoms with van der Waals surface area (Å²) in [6.45, 7) is 3.52. The van der Waals surface area contributed by atoms with E-state index in [2.05, 4.69) is 17.1 Å². The number of hydrogen-bond donors (Lipinski definition) is 2. The highest BCUT2D eigenvalue weighted by Crippen LogP contribution is 2.54. The van der Waals surface area contributed by atoms with Crippen molar-refractivity contribution in [1.82, 2.24) is 4.90 Å². The molecule has 1 unspecified atom stereocenters. The molecule has 0 spiro atoms. The van der Waals surface area contributed by atoms with Gasteiger partial charge in [0.15, 0.2) is 5.78 Å². The number of nitrogens with zero attached hydrogens (tertiary/aromatic N) is 1. The number of Topliss-reactive ketones (excluding diaryl/α,β-unsaturated/α-hetero) is 1. The average molecular weight is 474 g/mol. The number of benzene rings is 2. The van der Waals surface area contributed by atoms with Crippen LogP contribution in [-0.2, 0) is 0 Å². The van der Waals surface area contributed by atoms with Crippen LogP contribution in [0.15, 0.2) is 89.1 Å². The van der Waals surface area contributed by atoms with Crippen LogP contribution >= 0.6 is 11.8 Å². The fraction of sp³-hybridized carbons (Fsp3) is 0.250. The molecule has 0 radical (unpaired) electrons. The summed E-state index contributed by atoms with van der Waals surface area (Å²) >= 11 is 1.52. The molecule has 34 heavy (non-hydrogen) atoms. The first-order valence-corrected chi connectivity index (χ1v) is 12.4. The van der Waals surface area contributed by atoms with Crippen molar-refractivity contribution in [3.05, 3.63) is 100 Å². The van der Waals surface area contributed by atoms with Crippen LogP contribution in [-0.4, -0.2) is 47.1 Å². The number of carbonyl (C=O) groups is 1. The number of aliphatic hydroxyl groups excluding tert-OH is 1. The van der Waals surface area contributed by atoms with Gasteiger partial charge >= 0.3 is 0 Å². The maximum atomic E-state index is 13.7. The number of ether oxygens (including phenoxy) is 1. The lowest BCUT2D eigenvalue weighted by Gasteiger charge is -2.22. The Balaban J connectivity index is 1.34. The number of hydrogen-bond acceptors (Lipinski definition) is 6. The highest BCUT2D eigenvalue weighted by Gasteiger charge is 2.37. The number of phenolic OH excluding ortho intramolecular Hbond substituents is 1. The second kappa shape index (κ2) is 9.95. The molecule has 6 heteroatoms. The number of aliphatic hydroxyl groups is 1. The molecule has 0 fully saturated rings. The fourth-order valence-electron chi connectivity index (χ4n) is 4.48. The first-order chi connectivity index (χ1) is 16.6. The number of allylic oxidation sites excluding steroid dienone is 4. The molecule has 0 saturated heterocycles. The van der Waals surface area contributed by atoms with E-state index in [4.69, 9.17) is 4.74 Å². The van der Waals surface area contributed by atoms with E-state index in [9.17, 15) is 15.0 Å². The van der Waals surface area contributed by atoms with E-state index >= 15 is 0 Å². The summed E-state index contributed by atoms with van der Waals surface area (Å²) in [6, 6.07) is 14.3. The Hall–Kier alpha value is -3.22. The van der Waals surface area contributed by atoms with Crippen molar-refractivity contribution in [2.24, 2.45) is 5.92 Å². The Morgan fingerprint density at radius 2 is 1.85 bits per heavy atom. The fourth-order valence-corrected chi connectivity index (χ4v) is 5.85. The molecule has 5 nitrogen and oxygen atoms in total. The molecule has 0 bridgehead atoms. The van der Waals surface area contributed by atoms with Crippen molar-refractivity contribution in [2.45, 2.75) is 12.8 Å². The van der Waals surface area contributed by atoms with Gasteiger partial charge in [-0.1, -0.05) is 36.0 Å². The molecule has 1 atom stereocenters. The lowest BCUT2D eigenvalue weighted by molar-refractivity contribution is 0.102. The molecular weight excluding hydrogens is 446 g/mol. The van der Waals surface area contributed by atoms with Gasteiger partial charge in [0.25, 0.3) is 0 Å². The van der Waals surface area contributed by atoms with E-state index in [0.717, 1.165) is 52.8 Å². The summed E-state index contributed by atoms with van der Waals surface area (Å²) in [6.07, 6.45) is 9.58. The molecule has 2 heterocycles. The summed E-state index contributed by atoms with van der Waals surface area (Å²) in [5.74, 6) is 1.07. The molecule has 2 aliphatic heterocycles. The van der Waals surface area contributed by atoms with Gasteiger partial charge in [-0.05, 0) is 67.0 Å². The van der Waals surface area contributed by atoms with Crippen molar-refractivity contribution in [3.8, 4) is 11.5 Å². The molecule has 1 aliphatic carbocycles. The summed E-state index contributed by atoms with van der Waals surface area (Å²) in [7, 11) is 0. The minimum atomic E-state index is -0.0771. The van der Waals surface area contributed by atoms with Gasteiger partial charge in [-0.25, -0.2) is 0 Å². The third kappa shape index (κ3) is 4.83. The van der Waals surface area contributed by atoms with E-state index in [0.29, 0.717) is 18.6 Å². The SMILES string of the molecule is O=C(C1=C(c2ccc(O)cc2)SC2=CC(O)=CCC21)c1ccc(OCCN2CC=CCC2)cc1. The molecule has 0 amide bonds. The number of fused-ring (bicyclic) bond motifs is 1. The minimum absolute atomic E-state index is 0.0228. The number of aromatic hydroxyl groups is 1. The molecule has 2 aromatic carbocycles. The van der Waals surface area contributed by atoms with Gasteiger partial charge < -0.3 is 14.9 Å². The van der Waals surface area contributed by atoms with Gasteiger partial charge in [-0.3, -0.25) is 9.69 Å². The van der Waals surface area contributed by atoms with E-state index < -0.39 is 0 Å². The average Bonchev–Trinajstić information content (AvgIpc) is 3.23.